The maximum absolute atomic E-state index is 11.9. The number of hydrogen-bond donors (Lipinski definition) is 2. The number of benzene rings is 1. The van der Waals surface area contributed by atoms with Crippen LogP contribution in [0.5, 0.6) is 5.88 Å². The largest absolute Gasteiger partial charge is 0.494 e. The van der Waals surface area contributed by atoms with Crippen molar-refractivity contribution in [3.8, 4) is 17.0 Å². The van der Waals surface area contributed by atoms with E-state index in [0.29, 0.717) is 12.1 Å². The Kier molecular flexibility index (Phi) is 4.40. The average Bonchev–Trinajstić information content (AvgIpc) is 2.43. The van der Waals surface area contributed by atoms with Gasteiger partial charge in [-0.3, -0.25) is 14.3 Å². The van der Waals surface area contributed by atoms with Gasteiger partial charge >= 0.3 is 5.69 Å². The van der Waals surface area contributed by atoms with Gasteiger partial charge in [-0.25, -0.2) is 4.79 Å². The third-order valence-electron chi connectivity index (χ3n) is 3.22. The Labute approximate surface area is 116 Å². The summed E-state index contributed by atoms with van der Waals surface area (Å²) in [6.07, 6.45) is 2.76. The van der Waals surface area contributed by atoms with E-state index in [-0.39, 0.29) is 11.4 Å². The number of aromatic hydroxyl groups is 1. The Hall–Kier alpha value is -2.30. The molecule has 0 aliphatic carbocycles. The molecule has 2 N–H and O–H groups in total. The minimum atomic E-state index is -0.566. The van der Waals surface area contributed by atoms with Crippen molar-refractivity contribution in [2.45, 2.75) is 32.7 Å². The molecule has 0 radical (unpaired) electrons. The smallest absolute Gasteiger partial charge is 0.331 e. The molecule has 0 saturated carbocycles. The summed E-state index contributed by atoms with van der Waals surface area (Å²) in [7, 11) is 0. The zero-order chi connectivity index (χ0) is 14.5. The SMILES string of the molecule is CCCCCn1c(O)c(-c2ccccc2)c(=O)[nH]c1=O. The second-order valence-corrected chi connectivity index (χ2v) is 4.68. The molecule has 106 valence electrons. The van der Waals surface area contributed by atoms with Gasteiger partial charge in [-0.2, -0.15) is 0 Å². The van der Waals surface area contributed by atoms with E-state index in [1.165, 1.54) is 4.57 Å². The predicted octanol–water partition coefficient (Wildman–Crippen LogP) is 2.10. The molecule has 0 unspecified atom stereocenters. The zero-order valence-electron chi connectivity index (χ0n) is 11.4. The van der Waals surface area contributed by atoms with Crippen LogP contribution in [0.15, 0.2) is 39.9 Å². The number of aromatic amines is 1. The quantitative estimate of drug-likeness (QED) is 0.820. The first-order chi connectivity index (χ1) is 9.65. The van der Waals surface area contributed by atoms with Crippen molar-refractivity contribution in [3.63, 3.8) is 0 Å². The number of H-pyrrole nitrogens is 1. The summed E-state index contributed by atoms with van der Waals surface area (Å²) >= 11 is 0. The van der Waals surface area contributed by atoms with Crippen LogP contribution in [0.1, 0.15) is 26.2 Å². The van der Waals surface area contributed by atoms with Gasteiger partial charge in [-0.15, -0.1) is 0 Å². The van der Waals surface area contributed by atoms with Crippen LogP contribution in [0.25, 0.3) is 11.1 Å². The van der Waals surface area contributed by atoms with Crippen LogP contribution < -0.4 is 11.2 Å². The summed E-state index contributed by atoms with van der Waals surface area (Å²) in [5.41, 5.74) is -0.397. The maximum atomic E-state index is 11.9. The Bertz CT molecular complexity index is 687. The lowest BCUT2D eigenvalue weighted by Crippen LogP contribution is -2.31. The lowest BCUT2D eigenvalue weighted by atomic mass is 10.1. The summed E-state index contributed by atoms with van der Waals surface area (Å²) in [6.45, 7) is 2.46. The predicted molar refractivity (Wildman–Crippen MR) is 77.9 cm³/mol. The first-order valence-corrected chi connectivity index (χ1v) is 6.76. The van der Waals surface area contributed by atoms with Crippen LogP contribution in [0, 0.1) is 0 Å². The summed E-state index contributed by atoms with van der Waals surface area (Å²) in [4.78, 5) is 26.0. The van der Waals surface area contributed by atoms with E-state index in [4.69, 9.17) is 0 Å². The molecule has 2 rings (SSSR count). The Balaban J connectivity index is 2.51. The fourth-order valence-electron chi connectivity index (χ4n) is 2.15. The first-order valence-electron chi connectivity index (χ1n) is 6.76. The molecule has 0 spiro atoms. The highest BCUT2D eigenvalue weighted by Crippen LogP contribution is 2.23. The second-order valence-electron chi connectivity index (χ2n) is 4.68. The molecule has 2 aromatic rings. The number of nitrogens with zero attached hydrogens (tertiary/aromatic N) is 1. The van der Waals surface area contributed by atoms with E-state index >= 15 is 0 Å². The normalized spacial score (nSPS) is 10.7. The molecule has 5 heteroatoms. The summed E-state index contributed by atoms with van der Waals surface area (Å²) in [5, 5.41) is 10.2. The topological polar surface area (TPSA) is 75.1 Å². The molecule has 1 aromatic heterocycles. The highest BCUT2D eigenvalue weighted by atomic mass is 16.3. The van der Waals surface area contributed by atoms with Gasteiger partial charge in [0.2, 0.25) is 5.88 Å². The lowest BCUT2D eigenvalue weighted by Gasteiger charge is -2.11. The molecule has 0 fully saturated rings. The minimum Gasteiger partial charge on any atom is -0.494 e. The average molecular weight is 274 g/mol. The van der Waals surface area contributed by atoms with E-state index in [0.717, 1.165) is 19.3 Å². The molecule has 0 aliphatic rings. The first kappa shape index (κ1) is 14.1. The number of unbranched alkanes of at least 4 members (excludes halogenated alkanes) is 2. The fraction of sp³-hybridized carbons (Fsp3) is 0.333. The van der Waals surface area contributed by atoms with E-state index in [9.17, 15) is 14.7 Å². The summed E-state index contributed by atoms with van der Waals surface area (Å²) in [6, 6.07) is 8.84. The van der Waals surface area contributed by atoms with Crippen LogP contribution >= 0.6 is 0 Å². The Morgan fingerprint density at radius 1 is 1.15 bits per heavy atom. The van der Waals surface area contributed by atoms with E-state index < -0.39 is 11.2 Å². The van der Waals surface area contributed by atoms with Crippen LogP contribution in [0.4, 0.5) is 0 Å². The highest BCUT2D eigenvalue weighted by Gasteiger charge is 2.15. The number of rotatable bonds is 5. The molecule has 0 amide bonds. The molecule has 0 aliphatic heterocycles. The van der Waals surface area contributed by atoms with Crippen LogP contribution in [-0.4, -0.2) is 14.7 Å². The fourth-order valence-corrected chi connectivity index (χ4v) is 2.15. The molecule has 0 atom stereocenters. The molecule has 0 bridgehead atoms. The van der Waals surface area contributed by atoms with Gasteiger partial charge in [0.1, 0.15) is 5.56 Å². The maximum Gasteiger partial charge on any atom is 0.331 e. The van der Waals surface area contributed by atoms with Gasteiger partial charge in [0.15, 0.2) is 0 Å². The van der Waals surface area contributed by atoms with E-state index in [2.05, 4.69) is 11.9 Å². The van der Waals surface area contributed by atoms with Crippen molar-refractivity contribution in [3.05, 3.63) is 51.2 Å². The van der Waals surface area contributed by atoms with E-state index in [1.807, 2.05) is 6.07 Å². The van der Waals surface area contributed by atoms with Crippen LogP contribution in [0.2, 0.25) is 0 Å². The van der Waals surface area contributed by atoms with Crippen LogP contribution in [0.3, 0.4) is 0 Å². The molecular weight excluding hydrogens is 256 g/mol. The van der Waals surface area contributed by atoms with Gasteiger partial charge in [0.25, 0.3) is 5.56 Å². The second kappa shape index (κ2) is 6.23. The highest BCUT2D eigenvalue weighted by molar-refractivity contribution is 5.67. The third kappa shape index (κ3) is 2.82. The standard InChI is InChI=1S/C15H18N2O3/c1-2-3-7-10-17-14(19)12(13(18)16-15(17)20)11-8-5-4-6-9-11/h4-6,8-9,19H,2-3,7,10H2,1H3,(H,16,18,20). The van der Waals surface area contributed by atoms with Crippen molar-refractivity contribution >= 4 is 0 Å². The number of hydrogen-bond acceptors (Lipinski definition) is 3. The van der Waals surface area contributed by atoms with Crippen molar-refractivity contribution in [1.82, 2.24) is 9.55 Å². The van der Waals surface area contributed by atoms with Crippen LogP contribution in [-0.2, 0) is 6.54 Å². The molecule has 0 saturated heterocycles. The van der Waals surface area contributed by atoms with Crippen molar-refractivity contribution in [1.29, 1.82) is 0 Å². The number of aromatic nitrogens is 2. The third-order valence-corrected chi connectivity index (χ3v) is 3.22. The molecule has 1 aromatic carbocycles. The van der Waals surface area contributed by atoms with Gasteiger partial charge in [-0.1, -0.05) is 50.1 Å². The van der Waals surface area contributed by atoms with Crippen molar-refractivity contribution in [2.75, 3.05) is 0 Å². The Morgan fingerprint density at radius 3 is 2.50 bits per heavy atom. The van der Waals surface area contributed by atoms with Gasteiger partial charge in [0.05, 0.1) is 0 Å². The minimum absolute atomic E-state index is 0.140. The molecule has 5 nitrogen and oxygen atoms in total. The molecule has 1 heterocycles. The molecular formula is C15H18N2O3. The van der Waals surface area contributed by atoms with Gasteiger partial charge < -0.3 is 5.11 Å². The van der Waals surface area contributed by atoms with E-state index in [1.54, 1.807) is 24.3 Å². The van der Waals surface area contributed by atoms with Gasteiger partial charge in [-0.05, 0) is 12.0 Å². The number of nitrogens with one attached hydrogen (secondary N) is 1. The monoisotopic (exact) mass is 274 g/mol. The lowest BCUT2D eigenvalue weighted by molar-refractivity contribution is 0.396. The zero-order valence-corrected chi connectivity index (χ0v) is 11.4. The summed E-state index contributed by atoms with van der Waals surface area (Å²) < 4.78 is 1.22. The van der Waals surface area contributed by atoms with Gasteiger partial charge in [0, 0.05) is 6.54 Å². The van der Waals surface area contributed by atoms with Crippen molar-refractivity contribution < 1.29 is 5.11 Å². The Morgan fingerprint density at radius 2 is 1.85 bits per heavy atom. The molecule has 20 heavy (non-hydrogen) atoms. The van der Waals surface area contributed by atoms with Crippen molar-refractivity contribution in [2.24, 2.45) is 0 Å². The summed E-state index contributed by atoms with van der Waals surface area (Å²) in [5.74, 6) is -0.263.